The lowest BCUT2D eigenvalue weighted by molar-refractivity contribution is 0.226. The van der Waals surface area contributed by atoms with Crippen molar-refractivity contribution in [3.8, 4) is 0 Å². The zero-order valence-corrected chi connectivity index (χ0v) is 11.6. The van der Waals surface area contributed by atoms with Gasteiger partial charge in [-0.25, -0.2) is 5.84 Å². The first-order valence-corrected chi connectivity index (χ1v) is 6.86. The smallest absolute Gasteiger partial charge is 0.241 e. The maximum absolute atomic E-state index is 5.39. The molecular weight excluding hydrogens is 256 g/mol. The number of aromatic nitrogens is 4. The molecule has 3 rings (SSSR count). The van der Waals surface area contributed by atoms with Crippen molar-refractivity contribution in [2.75, 3.05) is 37.4 Å². The topological polar surface area (TPSA) is 108 Å². The van der Waals surface area contributed by atoms with Gasteiger partial charge in [-0.05, 0) is 38.9 Å². The van der Waals surface area contributed by atoms with Gasteiger partial charge in [0.15, 0.2) is 5.65 Å². The van der Waals surface area contributed by atoms with E-state index in [0.717, 1.165) is 30.8 Å². The molecule has 1 aliphatic rings. The second kappa shape index (κ2) is 5.59. The zero-order chi connectivity index (χ0) is 13.9. The molecule has 0 aromatic carbocycles. The van der Waals surface area contributed by atoms with Crippen molar-refractivity contribution < 1.29 is 0 Å². The molecule has 8 heteroatoms. The fourth-order valence-corrected chi connectivity index (χ4v) is 2.54. The van der Waals surface area contributed by atoms with E-state index in [2.05, 4.69) is 42.9 Å². The van der Waals surface area contributed by atoms with Crippen LogP contribution >= 0.6 is 0 Å². The van der Waals surface area contributed by atoms with Crippen LogP contribution in [0, 0.1) is 5.92 Å². The average Bonchev–Trinajstić information content (AvgIpc) is 2.94. The van der Waals surface area contributed by atoms with Crippen molar-refractivity contribution in [3.05, 3.63) is 6.20 Å². The number of likely N-dealkylation sites (tertiary alicyclic amines) is 1. The summed E-state index contributed by atoms with van der Waals surface area (Å²) in [7, 11) is 2.17. The molecule has 0 bridgehead atoms. The van der Waals surface area contributed by atoms with E-state index in [1.807, 2.05) is 0 Å². The normalized spacial score (nSPS) is 17.5. The molecule has 2 aromatic heterocycles. The second-order valence-corrected chi connectivity index (χ2v) is 5.30. The van der Waals surface area contributed by atoms with Crippen LogP contribution in [0.2, 0.25) is 0 Å². The third kappa shape index (κ3) is 2.66. The van der Waals surface area contributed by atoms with Crippen molar-refractivity contribution >= 4 is 22.8 Å². The Morgan fingerprint density at radius 1 is 1.40 bits per heavy atom. The largest absolute Gasteiger partial charge is 0.369 e. The standard InChI is InChI=1S/C12H20N8/c1-20-4-2-8(3-5-20)6-14-10-9-7-15-19-11(9)17-12(16-10)18-13/h7-8H,2-6,13H2,1H3,(H3,14,15,16,17,18,19). The molecule has 0 radical (unpaired) electrons. The molecule has 8 nitrogen and oxygen atoms in total. The van der Waals surface area contributed by atoms with Crippen LogP contribution in [0.3, 0.4) is 0 Å². The summed E-state index contributed by atoms with van der Waals surface area (Å²) in [5.74, 6) is 7.22. The highest BCUT2D eigenvalue weighted by molar-refractivity contribution is 5.86. The van der Waals surface area contributed by atoms with Crippen LogP contribution in [-0.4, -0.2) is 51.7 Å². The van der Waals surface area contributed by atoms with Gasteiger partial charge in [0.2, 0.25) is 5.95 Å². The molecule has 1 fully saturated rings. The van der Waals surface area contributed by atoms with Crippen LogP contribution in [0.25, 0.3) is 11.0 Å². The maximum atomic E-state index is 5.39. The number of piperidine rings is 1. The summed E-state index contributed by atoms with van der Waals surface area (Å²) in [6.45, 7) is 3.23. The summed E-state index contributed by atoms with van der Waals surface area (Å²) in [5.41, 5.74) is 3.16. The summed E-state index contributed by atoms with van der Waals surface area (Å²) >= 11 is 0. The Hall–Kier alpha value is -1.93. The molecule has 0 spiro atoms. The minimum atomic E-state index is 0.382. The highest BCUT2D eigenvalue weighted by atomic mass is 15.3. The van der Waals surface area contributed by atoms with E-state index in [1.54, 1.807) is 6.20 Å². The number of nitrogens with zero attached hydrogens (tertiary/aromatic N) is 4. The molecule has 1 saturated heterocycles. The van der Waals surface area contributed by atoms with Gasteiger partial charge in [0, 0.05) is 6.54 Å². The van der Waals surface area contributed by atoms with Crippen LogP contribution < -0.4 is 16.6 Å². The highest BCUT2D eigenvalue weighted by Gasteiger charge is 2.17. The van der Waals surface area contributed by atoms with Crippen LogP contribution in [0.4, 0.5) is 11.8 Å². The van der Waals surface area contributed by atoms with E-state index in [0.29, 0.717) is 17.5 Å². The van der Waals surface area contributed by atoms with Crippen molar-refractivity contribution in [1.82, 2.24) is 25.1 Å². The second-order valence-electron chi connectivity index (χ2n) is 5.30. The Balaban J connectivity index is 1.71. The molecular formula is C12H20N8. The molecule has 3 heterocycles. The van der Waals surface area contributed by atoms with Crippen LogP contribution in [0.15, 0.2) is 6.20 Å². The summed E-state index contributed by atoms with van der Waals surface area (Å²) in [4.78, 5) is 10.9. The predicted octanol–water partition coefficient (Wildman–Crippen LogP) is 0.392. The van der Waals surface area contributed by atoms with Crippen LogP contribution in [0.5, 0.6) is 0 Å². The SMILES string of the molecule is CN1CCC(CNc2nc(NN)nc3[nH]ncc23)CC1. The quantitative estimate of drug-likeness (QED) is 0.472. The van der Waals surface area contributed by atoms with Gasteiger partial charge in [0.1, 0.15) is 5.82 Å². The van der Waals surface area contributed by atoms with Gasteiger partial charge in [-0.3, -0.25) is 10.5 Å². The van der Waals surface area contributed by atoms with E-state index in [-0.39, 0.29) is 0 Å². The lowest BCUT2D eigenvalue weighted by Crippen LogP contribution is -2.33. The number of nitrogens with two attached hydrogens (primary N) is 1. The van der Waals surface area contributed by atoms with Gasteiger partial charge in [-0.15, -0.1) is 0 Å². The van der Waals surface area contributed by atoms with E-state index < -0.39 is 0 Å². The zero-order valence-electron chi connectivity index (χ0n) is 11.6. The third-order valence-electron chi connectivity index (χ3n) is 3.84. The summed E-state index contributed by atoms with van der Waals surface area (Å²) < 4.78 is 0. The number of hydrazine groups is 1. The minimum absolute atomic E-state index is 0.382. The van der Waals surface area contributed by atoms with Gasteiger partial charge in [-0.2, -0.15) is 15.1 Å². The number of fused-ring (bicyclic) bond motifs is 1. The molecule has 0 aliphatic carbocycles. The number of H-pyrrole nitrogens is 1. The summed E-state index contributed by atoms with van der Waals surface area (Å²) in [6.07, 6.45) is 4.16. The number of hydrogen-bond acceptors (Lipinski definition) is 7. The Morgan fingerprint density at radius 3 is 2.95 bits per heavy atom. The first kappa shape index (κ1) is 13.1. The molecule has 5 N–H and O–H groups in total. The Kier molecular flexibility index (Phi) is 3.66. The van der Waals surface area contributed by atoms with E-state index in [9.17, 15) is 0 Å². The molecule has 0 amide bonds. The highest BCUT2D eigenvalue weighted by Crippen LogP contribution is 2.22. The molecule has 1 aliphatic heterocycles. The minimum Gasteiger partial charge on any atom is -0.369 e. The van der Waals surface area contributed by atoms with Gasteiger partial charge < -0.3 is 10.2 Å². The number of aromatic amines is 1. The number of hydrogen-bond donors (Lipinski definition) is 4. The van der Waals surface area contributed by atoms with Crippen molar-refractivity contribution in [2.45, 2.75) is 12.8 Å². The number of nitrogen functional groups attached to an aromatic ring is 1. The van der Waals surface area contributed by atoms with E-state index in [1.165, 1.54) is 12.8 Å². The Morgan fingerprint density at radius 2 is 2.20 bits per heavy atom. The lowest BCUT2D eigenvalue weighted by Gasteiger charge is -2.29. The molecule has 20 heavy (non-hydrogen) atoms. The molecule has 2 aromatic rings. The summed E-state index contributed by atoms with van der Waals surface area (Å²) in [6, 6.07) is 0. The Labute approximate surface area is 117 Å². The number of nitrogens with one attached hydrogen (secondary N) is 3. The van der Waals surface area contributed by atoms with E-state index in [4.69, 9.17) is 5.84 Å². The lowest BCUT2D eigenvalue weighted by atomic mass is 9.97. The fraction of sp³-hybridized carbons (Fsp3) is 0.583. The van der Waals surface area contributed by atoms with Crippen LogP contribution in [-0.2, 0) is 0 Å². The molecule has 0 atom stereocenters. The van der Waals surface area contributed by atoms with Gasteiger partial charge >= 0.3 is 0 Å². The maximum Gasteiger partial charge on any atom is 0.241 e. The third-order valence-corrected chi connectivity index (χ3v) is 3.84. The van der Waals surface area contributed by atoms with Crippen molar-refractivity contribution in [3.63, 3.8) is 0 Å². The first-order chi connectivity index (χ1) is 9.76. The van der Waals surface area contributed by atoms with Crippen molar-refractivity contribution in [1.29, 1.82) is 0 Å². The molecule has 0 unspecified atom stereocenters. The molecule has 0 saturated carbocycles. The number of anilines is 2. The fourth-order valence-electron chi connectivity index (χ4n) is 2.54. The summed E-state index contributed by atoms with van der Waals surface area (Å²) in [5, 5.41) is 11.1. The molecule has 108 valence electrons. The average molecular weight is 276 g/mol. The van der Waals surface area contributed by atoms with Gasteiger partial charge in [0.05, 0.1) is 11.6 Å². The number of rotatable bonds is 4. The van der Waals surface area contributed by atoms with Gasteiger partial charge in [0.25, 0.3) is 0 Å². The Bertz CT molecular complexity index is 572. The van der Waals surface area contributed by atoms with Crippen LogP contribution in [0.1, 0.15) is 12.8 Å². The first-order valence-electron chi connectivity index (χ1n) is 6.86. The van der Waals surface area contributed by atoms with Crippen molar-refractivity contribution in [2.24, 2.45) is 11.8 Å². The monoisotopic (exact) mass is 276 g/mol. The predicted molar refractivity (Wildman–Crippen MR) is 78.2 cm³/mol. The van der Waals surface area contributed by atoms with E-state index >= 15 is 0 Å². The van der Waals surface area contributed by atoms with Gasteiger partial charge in [-0.1, -0.05) is 0 Å².